The summed E-state index contributed by atoms with van der Waals surface area (Å²) in [6.45, 7) is 7.43. The lowest BCUT2D eigenvalue weighted by molar-refractivity contribution is 0.0636. The Hall–Kier alpha value is -1.97. The number of fused-ring (bicyclic) bond motifs is 1. The van der Waals surface area contributed by atoms with E-state index in [0.717, 1.165) is 16.5 Å². The molecule has 4 heteroatoms. The highest BCUT2D eigenvalue weighted by atomic mass is 16.6. The van der Waals surface area contributed by atoms with E-state index in [1.54, 1.807) is 6.26 Å². The number of rotatable bonds is 1. The Morgan fingerprint density at radius 2 is 2.06 bits per heavy atom. The van der Waals surface area contributed by atoms with Gasteiger partial charge in [-0.15, -0.1) is 0 Å². The number of amides is 1. The molecule has 1 N–H and O–H groups in total. The molecule has 96 valence electrons. The Bertz CT molecular complexity index is 578. The second-order valence-electron chi connectivity index (χ2n) is 5.22. The minimum absolute atomic E-state index is 0.462. The number of nitrogens with one attached hydrogen (secondary N) is 1. The molecule has 0 saturated carbocycles. The van der Waals surface area contributed by atoms with Crippen molar-refractivity contribution in [3.63, 3.8) is 0 Å². The number of anilines is 1. The van der Waals surface area contributed by atoms with E-state index in [4.69, 9.17) is 9.15 Å². The van der Waals surface area contributed by atoms with Crippen LogP contribution < -0.4 is 5.32 Å². The number of ether oxygens (including phenoxy) is 1. The lowest BCUT2D eigenvalue weighted by Gasteiger charge is -2.19. The van der Waals surface area contributed by atoms with Crippen LogP contribution in [-0.2, 0) is 4.74 Å². The molecule has 0 unspecified atom stereocenters. The molecule has 0 atom stereocenters. The normalized spacial score (nSPS) is 11.6. The van der Waals surface area contributed by atoms with Gasteiger partial charge in [0.2, 0.25) is 0 Å². The molecule has 1 heterocycles. The van der Waals surface area contributed by atoms with E-state index in [-0.39, 0.29) is 0 Å². The van der Waals surface area contributed by atoms with Crippen molar-refractivity contribution in [2.45, 2.75) is 33.3 Å². The number of carbonyl (C=O) groups excluding carboxylic acids is 1. The van der Waals surface area contributed by atoms with Crippen molar-refractivity contribution < 1.29 is 13.9 Å². The monoisotopic (exact) mass is 247 g/mol. The molecule has 2 rings (SSSR count). The third-order valence-electron chi connectivity index (χ3n) is 2.42. The molecule has 0 saturated heterocycles. The lowest BCUT2D eigenvalue weighted by atomic mass is 10.1. The van der Waals surface area contributed by atoms with Crippen molar-refractivity contribution in [1.29, 1.82) is 0 Å². The molecule has 0 aliphatic heterocycles. The first kappa shape index (κ1) is 12.5. The second kappa shape index (κ2) is 4.37. The largest absolute Gasteiger partial charge is 0.464 e. The first-order valence-electron chi connectivity index (χ1n) is 5.83. The summed E-state index contributed by atoms with van der Waals surface area (Å²) < 4.78 is 10.6. The summed E-state index contributed by atoms with van der Waals surface area (Å²) in [6, 6.07) is 5.52. The summed E-state index contributed by atoms with van der Waals surface area (Å²) in [5, 5.41) is 3.65. The minimum Gasteiger partial charge on any atom is -0.464 e. The first-order chi connectivity index (χ1) is 8.37. The smallest absolute Gasteiger partial charge is 0.412 e. The maximum Gasteiger partial charge on any atom is 0.412 e. The van der Waals surface area contributed by atoms with Gasteiger partial charge in [0, 0.05) is 5.39 Å². The summed E-state index contributed by atoms with van der Waals surface area (Å²) >= 11 is 0. The van der Waals surface area contributed by atoms with Crippen LogP contribution in [0.15, 0.2) is 28.9 Å². The zero-order chi connectivity index (χ0) is 13.3. The van der Waals surface area contributed by atoms with Crippen LogP contribution in [0.2, 0.25) is 0 Å². The lowest BCUT2D eigenvalue weighted by Crippen LogP contribution is -2.27. The highest BCUT2D eigenvalue weighted by Crippen LogP contribution is 2.28. The Kier molecular flexibility index (Phi) is 3.03. The number of hydrogen-bond donors (Lipinski definition) is 1. The number of benzene rings is 1. The Balaban J connectivity index is 2.27. The van der Waals surface area contributed by atoms with Gasteiger partial charge in [-0.05, 0) is 45.4 Å². The molecule has 18 heavy (non-hydrogen) atoms. The summed E-state index contributed by atoms with van der Waals surface area (Å²) in [5.74, 6) is 0. The van der Waals surface area contributed by atoms with E-state index in [2.05, 4.69) is 5.32 Å². The van der Waals surface area contributed by atoms with E-state index in [1.807, 2.05) is 45.9 Å². The number of carbonyl (C=O) groups is 1. The van der Waals surface area contributed by atoms with Gasteiger partial charge in [0.15, 0.2) is 0 Å². The van der Waals surface area contributed by atoms with Crippen LogP contribution >= 0.6 is 0 Å². The predicted octanol–water partition coefficient (Wildman–Crippen LogP) is 4.09. The van der Waals surface area contributed by atoms with Crippen molar-refractivity contribution in [2.24, 2.45) is 0 Å². The molecule has 1 aromatic carbocycles. The molecule has 4 nitrogen and oxygen atoms in total. The third-order valence-corrected chi connectivity index (χ3v) is 2.42. The van der Waals surface area contributed by atoms with Gasteiger partial charge in [-0.1, -0.05) is 6.07 Å². The van der Waals surface area contributed by atoms with Gasteiger partial charge in [0.1, 0.15) is 11.2 Å². The molecule has 2 aromatic rings. The SMILES string of the molecule is Cc1coc2cccc(NC(=O)OC(C)(C)C)c12. The fourth-order valence-corrected chi connectivity index (χ4v) is 1.76. The van der Waals surface area contributed by atoms with E-state index < -0.39 is 11.7 Å². The fraction of sp³-hybridized carbons (Fsp3) is 0.357. The van der Waals surface area contributed by atoms with Gasteiger partial charge in [0.25, 0.3) is 0 Å². The van der Waals surface area contributed by atoms with Crippen LogP contribution in [-0.4, -0.2) is 11.7 Å². The van der Waals surface area contributed by atoms with Gasteiger partial charge in [-0.3, -0.25) is 5.32 Å². The van der Waals surface area contributed by atoms with E-state index in [9.17, 15) is 4.79 Å². The maximum absolute atomic E-state index is 11.7. The summed E-state index contributed by atoms with van der Waals surface area (Å²) in [5.41, 5.74) is 1.93. The molecule has 1 amide bonds. The highest BCUT2D eigenvalue weighted by Gasteiger charge is 2.17. The highest BCUT2D eigenvalue weighted by molar-refractivity contribution is 6.00. The molecule has 0 aliphatic carbocycles. The van der Waals surface area contributed by atoms with Crippen molar-refractivity contribution >= 4 is 22.7 Å². The molecular weight excluding hydrogens is 230 g/mol. The van der Waals surface area contributed by atoms with Gasteiger partial charge < -0.3 is 9.15 Å². The summed E-state index contributed by atoms with van der Waals surface area (Å²) in [4.78, 5) is 11.7. The van der Waals surface area contributed by atoms with Crippen LogP contribution in [0, 0.1) is 6.92 Å². The number of hydrogen-bond acceptors (Lipinski definition) is 3. The number of aryl methyl sites for hydroxylation is 1. The van der Waals surface area contributed by atoms with E-state index in [1.165, 1.54) is 0 Å². The van der Waals surface area contributed by atoms with Crippen molar-refractivity contribution in [3.8, 4) is 0 Å². The van der Waals surface area contributed by atoms with E-state index >= 15 is 0 Å². The molecule has 0 radical (unpaired) electrons. The average Bonchev–Trinajstić information content (AvgIpc) is 2.58. The van der Waals surface area contributed by atoms with Crippen molar-refractivity contribution in [1.82, 2.24) is 0 Å². The van der Waals surface area contributed by atoms with Gasteiger partial charge in [0.05, 0.1) is 12.0 Å². The maximum atomic E-state index is 11.7. The molecule has 0 aliphatic rings. The Labute approximate surface area is 106 Å². The fourth-order valence-electron chi connectivity index (χ4n) is 1.76. The Morgan fingerprint density at radius 3 is 2.72 bits per heavy atom. The van der Waals surface area contributed by atoms with Crippen LogP contribution in [0.3, 0.4) is 0 Å². The predicted molar refractivity (Wildman–Crippen MR) is 70.8 cm³/mol. The van der Waals surface area contributed by atoms with Gasteiger partial charge >= 0.3 is 6.09 Å². The van der Waals surface area contributed by atoms with E-state index in [0.29, 0.717) is 5.69 Å². The van der Waals surface area contributed by atoms with Gasteiger partial charge in [-0.2, -0.15) is 0 Å². The zero-order valence-electron chi connectivity index (χ0n) is 11.0. The average molecular weight is 247 g/mol. The van der Waals surface area contributed by atoms with Crippen molar-refractivity contribution in [3.05, 3.63) is 30.0 Å². The minimum atomic E-state index is -0.510. The molecule has 0 bridgehead atoms. The van der Waals surface area contributed by atoms with Crippen LogP contribution in [0.1, 0.15) is 26.3 Å². The topological polar surface area (TPSA) is 51.5 Å². The summed E-state index contributed by atoms with van der Waals surface area (Å²) in [7, 11) is 0. The van der Waals surface area contributed by atoms with Crippen LogP contribution in [0.25, 0.3) is 11.0 Å². The number of furan rings is 1. The quantitative estimate of drug-likeness (QED) is 0.825. The molecule has 0 spiro atoms. The van der Waals surface area contributed by atoms with Crippen LogP contribution in [0.5, 0.6) is 0 Å². The Morgan fingerprint density at radius 1 is 1.33 bits per heavy atom. The standard InChI is InChI=1S/C14H17NO3/c1-9-8-17-11-7-5-6-10(12(9)11)15-13(16)18-14(2,3)4/h5-8H,1-4H3,(H,15,16). The zero-order valence-corrected chi connectivity index (χ0v) is 11.0. The van der Waals surface area contributed by atoms with Gasteiger partial charge in [-0.25, -0.2) is 4.79 Å². The van der Waals surface area contributed by atoms with Crippen LogP contribution in [0.4, 0.5) is 10.5 Å². The third kappa shape index (κ3) is 2.64. The van der Waals surface area contributed by atoms with Crippen molar-refractivity contribution in [2.75, 3.05) is 5.32 Å². The molecule has 1 aromatic heterocycles. The summed E-state index contributed by atoms with van der Waals surface area (Å²) in [6.07, 6.45) is 1.21. The first-order valence-corrected chi connectivity index (χ1v) is 5.83. The second-order valence-corrected chi connectivity index (χ2v) is 5.22. The molecular formula is C14H17NO3. The molecule has 0 fully saturated rings.